The van der Waals surface area contributed by atoms with Crippen molar-refractivity contribution in [1.29, 1.82) is 0 Å². The summed E-state index contributed by atoms with van der Waals surface area (Å²) in [6, 6.07) is 0. The normalized spacial score (nSPS) is 25.4. The molecule has 0 aromatic heterocycles. The highest BCUT2D eigenvalue weighted by Crippen LogP contribution is 2.27. The Bertz CT molecular complexity index is 1270. The van der Waals surface area contributed by atoms with Crippen molar-refractivity contribution in [2.24, 2.45) is 0 Å². The van der Waals surface area contributed by atoms with Gasteiger partial charge in [0, 0.05) is 13.0 Å². The smallest absolute Gasteiger partial charge is 0.306 e. The van der Waals surface area contributed by atoms with E-state index >= 15 is 0 Å². The lowest BCUT2D eigenvalue weighted by atomic mass is 9.98. The zero-order valence-corrected chi connectivity index (χ0v) is 44.7. The highest BCUT2D eigenvalue weighted by Gasteiger charge is 2.47. The first-order valence-corrected chi connectivity index (χ1v) is 28.9. The molecular formula is C57H106O14. The van der Waals surface area contributed by atoms with Gasteiger partial charge in [-0.2, -0.15) is 0 Å². The lowest BCUT2D eigenvalue weighted by Gasteiger charge is -2.42. The minimum Gasteiger partial charge on any atom is -0.457 e. The van der Waals surface area contributed by atoms with Crippen LogP contribution in [0.3, 0.4) is 0 Å². The highest BCUT2D eigenvalue weighted by molar-refractivity contribution is 5.69. The molecule has 0 aromatic carbocycles. The molecule has 14 nitrogen and oxygen atoms in total. The van der Waals surface area contributed by atoms with Crippen molar-refractivity contribution in [3.8, 4) is 0 Å². The maximum atomic E-state index is 13.0. The Labute approximate surface area is 430 Å². The molecule has 11 atom stereocenters. The number of allylic oxidation sites excluding steroid dienone is 4. The van der Waals surface area contributed by atoms with E-state index in [0.29, 0.717) is 13.0 Å². The lowest BCUT2D eigenvalue weighted by molar-refractivity contribution is -0.332. The summed E-state index contributed by atoms with van der Waals surface area (Å²) in [5.74, 6) is -0.373. The molecule has 0 radical (unpaired) electrons. The van der Waals surface area contributed by atoms with Crippen molar-refractivity contribution in [3.05, 3.63) is 24.3 Å². The Morgan fingerprint density at radius 2 is 0.873 bits per heavy atom. The van der Waals surface area contributed by atoms with Gasteiger partial charge in [0.05, 0.1) is 26.4 Å². The summed E-state index contributed by atoms with van der Waals surface area (Å²) in [5.41, 5.74) is 0. The van der Waals surface area contributed by atoms with E-state index in [1.165, 1.54) is 161 Å². The van der Waals surface area contributed by atoms with E-state index in [2.05, 4.69) is 38.2 Å². The number of hydrogen-bond acceptors (Lipinski definition) is 14. The number of aliphatic hydroxyl groups excluding tert-OH is 7. The molecule has 14 heteroatoms. The fourth-order valence-electron chi connectivity index (χ4n) is 9.26. The minimum absolute atomic E-state index is 0.0638. The number of aliphatic hydroxyl groups is 7. The monoisotopic (exact) mass is 1010 g/mol. The largest absolute Gasteiger partial charge is 0.457 e. The SMILES string of the molecule is CCCCCCC/C=C\C/C=C\CCCCCCCCCCCCOCC(COC1OC(COC2OC(CO)C(O)C(O)C2O)C(O)C(O)C1O)OC(=O)CCCCCCCCCCCCCCCCC. The Morgan fingerprint density at radius 3 is 1.35 bits per heavy atom. The summed E-state index contributed by atoms with van der Waals surface area (Å²) in [4.78, 5) is 13.0. The summed E-state index contributed by atoms with van der Waals surface area (Å²) in [5, 5.41) is 72.3. The third kappa shape index (κ3) is 31.8. The van der Waals surface area contributed by atoms with Gasteiger partial charge in [-0.3, -0.25) is 4.79 Å². The first-order valence-electron chi connectivity index (χ1n) is 28.9. The number of hydrogen-bond donors (Lipinski definition) is 7. The van der Waals surface area contributed by atoms with Crippen LogP contribution in [0.2, 0.25) is 0 Å². The molecular weight excluding hydrogens is 909 g/mol. The molecule has 0 aromatic rings. The van der Waals surface area contributed by atoms with Gasteiger partial charge in [0.2, 0.25) is 0 Å². The first-order chi connectivity index (χ1) is 34.6. The van der Waals surface area contributed by atoms with Gasteiger partial charge in [0.15, 0.2) is 12.6 Å². The van der Waals surface area contributed by atoms with Crippen molar-refractivity contribution in [2.75, 3.05) is 33.0 Å². The van der Waals surface area contributed by atoms with E-state index in [4.69, 9.17) is 28.4 Å². The third-order valence-corrected chi connectivity index (χ3v) is 14.0. The van der Waals surface area contributed by atoms with Crippen molar-refractivity contribution >= 4 is 5.97 Å². The maximum absolute atomic E-state index is 13.0. The van der Waals surface area contributed by atoms with E-state index in [1.807, 2.05) is 0 Å². The van der Waals surface area contributed by atoms with Gasteiger partial charge in [-0.25, -0.2) is 0 Å². The highest BCUT2D eigenvalue weighted by atomic mass is 16.7. The standard InChI is InChI=1S/C57H106O14/c1-3-5-7-9-11-13-15-17-19-20-21-22-23-24-25-27-29-31-33-35-37-39-41-66-43-46(69-49(59)40-38-36-34-32-30-28-26-18-16-14-12-10-8-6-4-2)44-67-56-55(65)53(63)51(61)48(71-56)45-68-57-54(64)52(62)50(60)47(42-58)70-57/h15,17,20-21,46-48,50-58,60-65H,3-14,16,18-19,22-45H2,1-2H3/b17-15-,21-20-. The van der Waals surface area contributed by atoms with Crippen molar-refractivity contribution in [1.82, 2.24) is 0 Å². The molecule has 0 amide bonds. The molecule has 2 heterocycles. The fraction of sp³-hybridized carbons (Fsp3) is 0.912. The van der Waals surface area contributed by atoms with Gasteiger partial charge in [0.1, 0.15) is 54.9 Å². The Hall–Kier alpha value is -1.53. The molecule has 2 aliphatic heterocycles. The Morgan fingerprint density at radius 1 is 0.465 bits per heavy atom. The summed E-state index contributed by atoms with van der Waals surface area (Å²) in [7, 11) is 0. The molecule has 0 spiro atoms. The van der Waals surface area contributed by atoms with E-state index in [0.717, 1.165) is 44.9 Å². The predicted octanol–water partition coefficient (Wildman–Crippen LogP) is 9.97. The van der Waals surface area contributed by atoms with Crippen molar-refractivity contribution < 1.29 is 69.0 Å². The number of rotatable bonds is 47. The van der Waals surface area contributed by atoms with Crippen LogP contribution in [-0.4, -0.2) is 142 Å². The van der Waals surface area contributed by atoms with Crippen LogP contribution in [0.4, 0.5) is 0 Å². The topological polar surface area (TPSA) is 214 Å². The van der Waals surface area contributed by atoms with E-state index < -0.39 is 80.7 Å². The molecule has 2 saturated heterocycles. The molecule has 7 N–H and O–H groups in total. The molecule has 0 bridgehead atoms. The lowest BCUT2D eigenvalue weighted by Crippen LogP contribution is -2.61. The zero-order valence-electron chi connectivity index (χ0n) is 44.7. The summed E-state index contributed by atoms with van der Waals surface area (Å²) < 4.78 is 34.4. The molecule has 71 heavy (non-hydrogen) atoms. The van der Waals surface area contributed by atoms with Gasteiger partial charge in [0.25, 0.3) is 0 Å². The second-order valence-corrected chi connectivity index (χ2v) is 20.5. The van der Waals surface area contributed by atoms with Crippen LogP contribution in [0.5, 0.6) is 0 Å². The van der Waals surface area contributed by atoms with Crippen LogP contribution < -0.4 is 0 Å². The number of unbranched alkanes of at least 4 members (excludes halogenated alkanes) is 29. The fourth-order valence-corrected chi connectivity index (χ4v) is 9.26. The molecule has 418 valence electrons. The molecule has 2 fully saturated rings. The average Bonchev–Trinajstić information content (AvgIpc) is 3.37. The number of carbonyl (C=O) groups is 1. The van der Waals surface area contributed by atoms with Gasteiger partial charge in [-0.05, 0) is 44.9 Å². The second kappa shape index (κ2) is 44.7. The summed E-state index contributed by atoms with van der Waals surface area (Å²) in [6.07, 6.45) is 33.8. The Balaban J connectivity index is 1.71. The zero-order chi connectivity index (χ0) is 51.6. The number of carbonyl (C=O) groups excluding carboxylic acids is 1. The first kappa shape index (κ1) is 65.6. The minimum atomic E-state index is -1.70. The van der Waals surface area contributed by atoms with E-state index in [-0.39, 0.29) is 25.6 Å². The summed E-state index contributed by atoms with van der Waals surface area (Å²) >= 11 is 0. The number of ether oxygens (including phenoxy) is 6. The van der Waals surface area contributed by atoms with Gasteiger partial charge >= 0.3 is 5.97 Å². The van der Waals surface area contributed by atoms with Crippen LogP contribution in [0.25, 0.3) is 0 Å². The summed E-state index contributed by atoms with van der Waals surface area (Å²) in [6.45, 7) is 3.71. The molecule has 11 unspecified atom stereocenters. The predicted molar refractivity (Wildman–Crippen MR) is 280 cm³/mol. The van der Waals surface area contributed by atoms with Crippen LogP contribution in [-0.2, 0) is 33.2 Å². The van der Waals surface area contributed by atoms with Crippen LogP contribution in [0.15, 0.2) is 24.3 Å². The maximum Gasteiger partial charge on any atom is 0.306 e. The third-order valence-electron chi connectivity index (χ3n) is 14.0. The molecule has 2 rings (SSSR count). The molecule has 0 aliphatic carbocycles. The van der Waals surface area contributed by atoms with Crippen molar-refractivity contribution in [2.45, 2.75) is 300 Å². The number of esters is 1. The molecule has 2 aliphatic rings. The quantitative estimate of drug-likeness (QED) is 0.0172. The van der Waals surface area contributed by atoms with Crippen LogP contribution >= 0.6 is 0 Å². The van der Waals surface area contributed by atoms with Gasteiger partial charge < -0.3 is 64.2 Å². The average molecular weight is 1020 g/mol. The molecule has 0 saturated carbocycles. The van der Waals surface area contributed by atoms with Gasteiger partial charge in [-0.1, -0.05) is 205 Å². The van der Waals surface area contributed by atoms with Gasteiger partial charge in [-0.15, -0.1) is 0 Å². The van der Waals surface area contributed by atoms with Crippen LogP contribution in [0, 0.1) is 0 Å². The Kier molecular flexibility index (Phi) is 41.3. The van der Waals surface area contributed by atoms with Crippen molar-refractivity contribution in [3.63, 3.8) is 0 Å². The van der Waals surface area contributed by atoms with E-state index in [1.54, 1.807) is 0 Å². The van der Waals surface area contributed by atoms with Crippen LogP contribution in [0.1, 0.15) is 232 Å². The van der Waals surface area contributed by atoms with E-state index in [9.17, 15) is 40.5 Å². The second-order valence-electron chi connectivity index (χ2n) is 20.5.